The van der Waals surface area contributed by atoms with Crippen LogP contribution in [0.1, 0.15) is 12.5 Å². The van der Waals surface area contributed by atoms with Gasteiger partial charge in [-0.05, 0) is 18.6 Å². The van der Waals surface area contributed by atoms with Crippen LogP contribution in [0.2, 0.25) is 5.02 Å². The van der Waals surface area contributed by atoms with Gasteiger partial charge in [0, 0.05) is 44.4 Å². The predicted octanol–water partition coefficient (Wildman–Crippen LogP) is 1.42. The Morgan fingerprint density at radius 1 is 1.30 bits per heavy atom. The SMILES string of the molecule is CCOC[C@@H](O)CN1CCN(C(=O)Cc2ccccc2Cl)CC1. The fourth-order valence-electron chi connectivity index (χ4n) is 2.70. The summed E-state index contributed by atoms with van der Waals surface area (Å²) < 4.78 is 5.22. The second-order valence-electron chi connectivity index (χ2n) is 5.76. The maximum Gasteiger partial charge on any atom is 0.227 e. The van der Waals surface area contributed by atoms with Crippen LogP contribution in [0.25, 0.3) is 0 Å². The third-order valence-electron chi connectivity index (χ3n) is 4.01. The van der Waals surface area contributed by atoms with Crippen molar-refractivity contribution in [2.45, 2.75) is 19.4 Å². The Morgan fingerprint density at radius 2 is 2.00 bits per heavy atom. The van der Waals surface area contributed by atoms with Gasteiger partial charge in [0.2, 0.25) is 5.91 Å². The molecule has 1 atom stereocenters. The molecular weight excluding hydrogens is 316 g/mol. The molecule has 1 N–H and O–H groups in total. The van der Waals surface area contributed by atoms with E-state index in [2.05, 4.69) is 4.90 Å². The number of nitrogens with zero attached hydrogens (tertiary/aromatic N) is 2. The number of aliphatic hydroxyl groups excluding tert-OH is 1. The molecule has 0 aromatic heterocycles. The molecule has 1 aliphatic rings. The molecule has 2 rings (SSSR count). The number of piperazine rings is 1. The third kappa shape index (κ3) is 5.77. The predicted molar refractivity (Wildman–Crippen MR) is 90.7 cm³/mol. The molecule has 0 unspecified atom stereocenters. The summed E-state index contributed by atoms with van der Waals surface area (Å²) in [6.07, 6.45) is -0.132. The zero-order valence-electron chi connectivity index (χ0n) is 13.6. The molecule has 5 nitrogen and oxygen atoms in total. The van der Waals surface area contributed by atoms with E-state index in [4.69, 9.17) is 16.3 Å². The van der Waals surface area contributed by atoms with Gasteiger partial charge in [-0.3, -0.25) is 9.69 Å². The average molecular weight is 341 g/mol. The smallest absolute Gasteiger partial charge is 0.227 e. The molecule has 1 aliphatic heterocycles. The molecule has 23 heavy (non-hydrogen) atoms. The second kappa shape index (κ2) is 9.23. The zero-order chi connectivity index (χ0) is 16.7. The maximum atomic E-state index is 12.4. The van der Waals surface area contributed by atoms with Crippen LogP contribution in [0.15, 0.2) is 24.3 Å². The summed E-state index contributed by atoms with van der Waals surface area (Å²) in [5, 5.41) is 10.5. The Labute approximate surface area is 142 Å². The minimum absolute atomic E-state index is 0.104. The summed E-state index contributed by atoms with van der Waals surface area (Å²) in [5.41, 5.74) is 0.869. The number of carbonyl (C=O) groups excluding carboxylic acids is 1. The molecule has 0 saturated carbocycles. The Hall–Kier alpha value is -1.14. The van der Waals surface area contributed by atoms with E-state index in [9.17, 15) is 9.90 Å². The first-order chi connectivity index (χ1) is 11.1. The summed E-state index contributed by atoms with van der Waals surface area (Å²) in [6.45, 7) is 6.40. The maximum absolute atomic E-state index is 12.4. The molecule has 1 heterocycles. The van der Waals surface area contributed by atoms with Gasteiger partial charge >= 0.3 is 0 Å². The summed E-state index contributed by atoms with van der Waals surface area (Å²) in [5.74, 6) is 0.104. The molecule has 128 valence electrons. The van der Waals surface area contributed by atoms with Crippen LogP contribution < -0.4 is 0 Å². The Morgan fingerprint density at radius 3 is 2.65 bits per heavy atom. The number of hydrogen-bond acceptors (Lipinski definition) is 4. The second-order valence-corrected chi connectivity index (χ2v) is 6.17. The van der Waals surface area contributed by atoms with Gasteiger partial charge < -0.3 is 14.7 Å². The fourth-order valence-corrected chi connectivity index (χ4v) is 2.90. The fraction of sp³-hybridized carbons (Fsp3) is 0.588. The Kier molecular flexibility index (Phi) is 7.30. The minimum atomic E-state index is -0.472. The van der Waals surface area contributed by atoms with Crippen molar-refractivity contribution >= 4 is 17.5 Å². The number of aliphatic hydroxyl groups is 1. The largest absolute Gasteiger partial charge is 0.389 e. The molecule has 0 radical (unpaired) electrons. The molecule has 1 fully saturated rings. The lowest BCUT2D eigenvalue weighted by atomic mass is 10.1. The molecule has 1 aromatic carbocycles. The normalized spacial score (nSPS) is 17.3. The van der Waals surface area contributed by atoms with E-state index in [0.29, 0.717) is 44.3 Å². The van der Waals surface area contributed by atoms with Gasteiger partial charge in [-0.2, -0.15) is 0 Å². The lowest BCUT2D eigenvalue weighted by molar-refractivity contribution is -0.132. The van der Waals surface area contributed by atoms with Crippen LogP contribution in [-0.4, -0.2) is 72.9 Å². The number of ether oxygens (including phenoxy) is 1. The van der Waals surface area contributed by atoms with Crippen molar-refractivity contribution in [2.24, 2.45) is 0 Å². The molecular formula is C17H25ClN2O3. The highest BCUT2D eigenvalue weighted by Gasteiger charge is 2.23. The third-order valence-corrected chi connectivity index (χ3v) is 4.38. The van der Waals surface area contributed by atoms with Gasteiger partial charge in [0.1, 0.15) is 0 Å². The summed E-state index contributed by atoms with van der Waals surface area (Å²) in [6, 6.07) is 7.46. The zero-order valence-corrected chi connectivity index (χ0v) is 14.3. The number of amides is 1. The van der Waals surface area contributed by atoms with Gasteiger partial charge in [-0.1, -0.05) is 29.8 Å². The first-order valence-corrected chi connectivity index (χ1v) is 8.47. The molecule has 0 aliphatic carbocycles. The van der Waals surface area contributed by atoms with E-state index < -0.39 is 6.10 Å². The van der Waals surface area contributed by atoms with Crippen LogP contribution in [-0.2, 0) is 16.0 Å². The molecule has 1 aromatic rings. The molecule has 6 heteroatoms. The summed E-state index contributed by atoms with van der Waals surface area (Å²) >= 11 is 6.11. The standard InChI is InChI=1S/C17H25ClN2O3/c1-2-23-13-15(21)12-19-7-9-20(10-8-19)17(22)11-14-5-3-4-6-16(14)18/h3-6,15,21H,2,7-13H2,1H3/t15-/m0/s1. The highest BCUT2D eigenvalue weighted by Crippen LogP contribution is 2.16. The molecule has 1 saturated heterocycles. The van der Waals surface area contributed by atoms with Crippen molar-refractivity contribution in [3.05, 3.63) is 34.9 Å². The van der Waals surface area contributed by atoms with E-state index in [1.165, 1.54) is 0 Å². The van der Waals surface area contributed by atoms with Crippen LogP contribution in [0, 0.1) is 0 Å². The first-order valence-electron chi connectivity index (χ1n) is 8.09. The van der Waals surface area contributed by atoms with Crippen molar-refractivity contribution in [2.75, 3.05) is 45.9 Å². The molecule has 0 spiro atoms. The lowest BCUT2D eigenvalue weighted by Gasteiger charge is -2.35. The summed E-state index contributed by atoms with van der Waals surface area (Å²) in [7, 11) is 0. The number of rotatable bonds is 7. The Balaban J connectivity index is 1.75. The van der Waals surface area contributed by atoms with Crippen LogP contribution in [0.4, 0.5) is 0 Å². The topological polar surface area (TPSA) is 53.0 Å². The van der Waals surface area contributed by atoms with Crippen molar-refractivity contribution in [3.63, 3.8) is 0 Å². The van der Waals surface area contributed by atoms with Crippen molar-refractivity contribution < 1.29 is 14.6 Å². The molecule has 1 amide bonds. The Bertz CT molecular complexity index is 504. The van der Waals surface area contributed by atoms with E-state index >= 15 is 0 Å². The van der Waals surface area contributed by atoms with Crippen molar-refractivity contribution in [1.82, 2.24) is 9.80 Å². The monoisotopic (exact) mass is 340 g/mol. The van der Waals surface area contributed by atoms with Crippen LogP contribution in [0.5, 0.6) is 0 Å². The van der Waals surface area contributed by atoms with Gasteiger partial charge in [-0.25, -0.2) is 0 Å². The number of β-amino-alcohol motifs (C(OH)–C–C–N with tert-alkyl or cyclic N) is 1. The van der Waals surface area contributed by atoms with Gasteiger partial charge in [-0.15, -0.1) is 0 Å². The molecule has 0 bridgehead atoms. The highest BCUT2D eigenvalue weighted by molar-refractivity contribution is 6.31. The van der Waals surface area contributed by atoms with Gasteiger partial charge in [0.25, 0.3) is 0 Å². The van der Waals surface area contributed by atoms with E-state index in [1.807, 2.05) is 36.1 Å². The lowest BCUT2D eigenvalue weighted by Crippen LogP contribution is -2.51. The number of carbonyl (C=O) groups is 1. The average Bonchev–Trinajstić information content (AvgIpc) is 2.55. The minimum Gasteiger partial charge on any atom is -0.389 e. The van der Waals surface area contributed by atoms with Gasteiger partial charge in [0.05, 0.1) is 19.1 Å². The van der Waals surface area contributed by atoms with E-state index in [1.54, 1.807) is 0 Å². The van der Waals surface area contributed by atoms with Gasteiger partial charge in [0.15, 0.2) is 0 Å². The number of hydrogen-bond donors (Lipinski definition) is 1. The quantitative estimate of drug-likeness (QED) is 0.815. The first kappa shape index (κ1) is 18.2. The highest BCUT2D eigenvalue weighted by atomic mass is 35.5. The van der Waals surface area contributed by atoms with E-state index in [0.717, 1.165) is 18.7 Å². The number of benzene rings is 1. The van der Waals surface area contributed by atoms with Crippen LogP contribution >= 0.6 is 11.6 Å². The van der Waals surface area contributed by atoms with Crippen molar-refractivity contribution in [1.29, 1.82) is 0 Å². The summed E-state index contributed by atoms with van der Waals surface area (Å²) in [4.78, 5) is 16.4. The van der Waals surface area contributed by atoms with E-state index in [-0.39, 0.29) is 5.91 Å². The number of halogens is 1. The van der Waals surface area contributed by atoms with Crippen molar-refractivity contribution in [3.8, 4) is 0 Å². The van der Waals surface area contributed by atoms with Crippen LogP contribution in [0.3, 0.4) is 0 Å².